The highest BCUT2D eigenvalue weighted by Gasteiger charge is 2.11. The van der Waals surface area contributed by atoms with Crippen LogP contribution in [0.15, 0.2) is 60.0 Å². The van der Waals surface area contributed by atoms with E-state index in [-0.39, 0.29) is 10.6 Å². The molecule has 4 rings (SSSR count). The minimum Gasteiger partial charge on any atom is -0.304 e. The molecule has 2 aromatic carbocycles. The summed E-state index contributed by atoms with van der Waals surface area (Å²) in [4.78, 5) is 11.8. The van der Waals surface area contributed by atoms with Gasteiger partial charge in [-0.1, -0.05) is 30.3 Å². The summed E-state index contributed by atoms with van der Waals surface area (Å²) in [5, 5.41) is 14.2. The van der Waals surface area contributed by atoms with Crippen LogP contribution in [0, 0.1) is 10.1 Å². The monoisotopic (exact) mass is 308 g/mol. The molecular formula is C17H12N2O2S. The average Bonchev–Trinajstić information content (AvgIpc) is 3.07. The normalized spacial score (nSPS) is 11.3. The SMILES string of the molecule is O=[N+]([O-])c1cccc(Cc2csc3cc4ccccc4n23)c1. The highest BCUT2D eigenvalue weighted by Crippen LogP contribution is 2.28. The van der Waals surface area contributed by atoms with E-state index in [4.69, 9.17) is 0 Å². The molecule has 0 unspecified atom stereocenters. The molecule has 0 aliphatic heterocycles. The van der Waals surface area contributed by atoms with Gasteiger partial charge in [-0.25, -0.2) is 0 Å². The number of nitro groups is 1. The van der Waals surface area contributed by atoms with Gasteiger partial charge in [0, 0.05) is 35.0 Å². The second-order valence-corrected chi connectivity index (χ2v) is 6.10. The minimum atomic E-state index is -0.349. The van der Waals surface area contributed by atoms with E-state index in [1.54, 1.807) is 23.5 Å². The molecule has 4 aromatic rings. The smallest absolute Gasteiger partial charge is 0.269 e. The van der Waals surface area contributed by atoms with Gasteiger partial charge in [-0.15, -0.1) is 11.3 Å². The summed E-state index contributed by atoms with van der Waals surface area (Å²) < 4.78 is 2.23. The molecule has 0 fully saturated rings. The third-order valence-corrected chi connectivity index (χ3v) is 4.72. The van der Waals surface area contributed by atoms with Crippen molar-refractivity contribution < 1.29 is 4.92 Å². The summed E-state index contributed by atoms with van der Waals surface area (Å²) in [6.45, 7) is 0. The van der Waals surface area contributed by atoms with E-state index >= 15 is 0 Å². The number of benzene rings is 2. The predicted molar refractivity (Wildman–Crippen MR) is 88.7 cm³/mol. The third-order valence-electron chi connectivity index (χ3n) is 3.79. The Kier molecular flexibility index (Phi) is 2.94. The van der Waals surface area contributed by atoms with E-state index < -0.39 is 0 Å². The Morgan fingerprint density at radius 1 is 1.09 bits per heavy atom. The number of hydrogen-bond donors (Lipinski definition) is 0. The van der Waals surface area contributed by atoms with Crippen molar-refractivity contribution in [3.05, 3.63) is 81.3 Å². The topological polar surface area (TPSA) is 47.5 Å². The molecule has 22 heavy (non-hydrogen) atoms. The first kappa shape index (κ1) is 13.0. The van der Waals surface area contributed by atoms with Gasteiger partial charge < -0.3 is 4.40 Å². The summed E-state index contributed by atoms with van der Waals surface area (Å²) in [5.74, 6) is 0. The van der Waals surface area contributed by atoms with Crippen molar-refractivity contribution in [2.24, 2.45) is 0 Å². The number of rotatable bonds is 3. The van der Waals surface area contributed by atoms with Gasteiger partial charge in [0.2, 0.25) is 0 Å². The maximum absolute atomic E-state index is 10.9. The molecule has 0 amide bonds. The fourth-order valence-electron chi connectivity index (χ4n) is 2.80. The van der Waals surface area contributed by atoms with Crippen LogP contribution in [0.5, 0.6) is 0 Å². The van der Waals surface area contributed by atoms with Gasteiger partial charge in [-0.2, -0.15) is 0 Å². The summed E-state index contributed by atoms with van der Waals surface area (Å²) in [6.07, 6.45) is 0.681. The molecule has 0 spiro atoms. The zero-order valence-electron chi connectivity index (χ0n) is 11.6. The Bertz CT molecular complexity index is 1000. The molecule has 0 atom stereocenters. The molecule has 4 nitrogen and oxygen atoms in total. The van der Waals surface area contributed by atoms with Crippen LogP contribution in [0.25, 0.3) is 15.7 Å². The fraction of sp³-hybridized carbons (Fsp3) is 0.0588. The first-order chi connectivity index (χ1) is 10.7. The highest BCUT2D eigenvalue weighted by molar-refractivity contribution is 7.15. The Morgan fingerprint density at radius 2 is 1.95 bits per heavy atom. The van der Waals surface area contributed by atoms with Gasteiger partial charge in [0.05, 0.1) is 10.4 Å². The Morgan fingerprint density at radius 3 is 2.82 bits per heavy atom. The van der Waals surface area contributed by atoms with Crippen molar-refractivity contribution in [2.45, 2.75) is 6.42 Å². The van der Waals surface area contributed by atoms with Gasteiger partial charge in [0.1, 0.15) is 4.83 Å². The molecule has 0 aliphatic rings. The first-order valence-corrected chi connectivity index (χ1v) is 7.80. The van der Waals surface area contributed by atoms with Crippen molar-refractivity contribution in [1.82, 2.24) is 4.40 Å². The Labute approximate surface area is 130 Å². The standard InChI is InChI=1S/C17H12N2O2S/c20-19(21)14-6-3-4-12(8-14)9-15-11-22-17-10-13-5-1-2-7-16(13)18(15)17/h1-8,10-11H,9H2. The second-order valence-electron chi connectivity index (χ2n) is 5.21. The van der Waals surface area contributed by atoms with Crippen molar-refractivity contribution in [1.29, 1.82) is 0 Å². The van der Waals surface area contributed by atoms with Crippen molar-refractivity contribution >= 4 is 32.8 Å². The molecule has 2 aromatic heterocycles. The number of hydrogen-bond acceptors (Lipinski definition) is 3. The summed E-state index contributed by atoms with van der Waals surface area (Å²) >= 11 is 1.70. The number of thiazole rings is 1. The maximum Gasteiger partial charge on any atom is 0.269 e. The molecule has 2 heterocycles. The summed E-state index contributed by atoms with van der Waals surface area (Å²) in [7, 11) is 0. The minimum absolute atomic E-state index is 0.140. The number of nitrogens with zero attached hydrogens (tertiary/aromatic N) is 2. The van der Waals surface area contributed by atoms with E-state index in [0.717, 1.165) is 11.3 Å². The number of nitro benzene ring substituents is 1. The lowest BCUT2D eigenvalue weighted by atomic mass is 10.1. The summed E-state index contributed by atoms with van der Waals surface area (Å²) in [5.41, 5.74) is 3.42. The Hall–Kier alpha value is -2.66. The van der Waals surface area contributed by atoms with Gasteiger partial charge >= 0.3 is 0 Å². The average molecular weight is 308 g/mol. The maximum atomic E-state index is 10.9. The van der Waals surface area contributed by atoms with Crippen molar-refractivity contribution in [3.63, 3.8) is 0 Å². The van der Waals surface area contributed by atoms with Crippen molar-refractivity contribution in [2.75, 3.05) is 0 Å². The molecule has 0 N–H and O–H groups in total. The molecule has 0 saturated heterocycles. The number of non-ortho nitro benzene ring substituents is 1. The van der Waals surface area contributed by atoms with E-state index in [0.29, 0.717) is 6.42 Å². The van der Waals surface area contributed by atoms with E-state index in [1.165, 1.54) is 21.8 Å². The molecule has 108 valence electrons. The molecule has 0 aliphatic carbocycles. The Balaban J connectivity index is 1.81. The van der Waals surface area contributed by atoms with Crippen LogP contribution in [-0.2, 0) is 6.42 Å². The fourth-order valence-corrected chi connectivity index (χ4v) is 3.76. The van der Waals surface area contributed by atoms with E-state index in [2.05, 4.69) is 28.0 Å². The zero-order chi connectivity index (χ0) is 15.1. The van der Waals surface area contributed by atoms with Crippen LogP contribution < -0.4 is 0 Å². The van der Waals surface area contributed by atoms with Gasteiger partial charge in [-0.05, 0) is 17.7 Å². The second kappa shape index (κ2) is 4.96. The van der Waals surface area contributed by atoms with Crippen LogP contribution >= 0.6 is 11.3 Å². The molecule has 0 radical (unpaired) electrons. The van der Waals surface area contributed by atoms with Crippen LogP contribution in [0.2, 0.25) is 0 Å². The third kappa shape index (κ3) is 2.07. The van der Waals surface area contributed by atoms with Crippen LogP contribution in [-0.4, -0.2) is 9.32 Å². The van der Waals surface area contributed by atoms with E-state index in [1.807, 2.05) is 18.2 Å². The largest absolute Gasteiger partial charge is 0.304 e. The molecule has 0 saturated carbocycles. The van der Waals surface area contributed by atoms with Crippen molar-refractivity contribution in [3.8, 4) is 0 Å². The summed E-state index contributed by atoms with van der Waals surface area (Å²) in [6, 6.07) is 17.3. The highest BCUT2D eigenvalue weighted by atomic mass is 32.1. The zero-order valence-corrected chi connectivity index (χ0v) is 12.4. The van der Waals surface area contributed by atoms with Crippen LogP contribution in [0.3, 0.4) is 0 Å². The van der Waals surface area contributed by atoms with Gasteiger partial charge in [0.25, 0.3) is 5.69 Å². The lowest BCUT2D eigenvalue weighted by Crippen LogP contribution is -1.95. The number of aromatic nitrogens is 1. The first-order valence-electron chi connectivity index (χ1n) is 6.92. The molecule has 0 bridgehead atoms. The predicted octanol–water partition coefficient (Wildman–Crippen LogP) is 4.65. The van der Waals surface area contributed by atoms with Gasteiger partial charge in [0.15, 0.2) is 0 Å². The number of fused-ring (bicyclic) bond motifs is 3. The van der Waals surface area contributed by atoms with Gasteiger partial charge in [-0.3, -0.25) is 10.1 Å². The lowest BCUT2D eigenvalue weighted by Gasteiger charge is -2.02. The quantitative estimate of drug-likeness (QED) is 0.408. The molecular weight excluding hydrogens is 296 g/mol. The lowest BCUT2D eigenvalue weighted by molar-refractivity contribution is -0.384. The number of para-hydroxylation sites is 1. The molecule has 5 heteroatoms. The van der Waals surface area contributed by atoms with E-state index in [9.17, 15) is 10.1 Å². The van der Waals surface area contributed by atoms with Crippen LogP contribution in [0.1, 0.15) is 11.3 Å². The van der Waals surface area contributed by atoms with Crippen LogP contribution in [0.4, 0.5) is 5.69 Å².